The average molecular weight is 267 g/mol. The van der Waals surface area contributed by atoms with Gasteiger partial charge in [0, 0.05) is 13.5 Å². The van der Waals surface area contributed by atoms with Crippen LogP contribution in [0.2, 0.25) is 0 Å². The molecule has 0 saturated heterocycles. The number of hydrogen-bond acceptors (Lipinski definition) is 4. The second-order valence-corrected chi connectivity index (χ2v) is 4.25. The number of carbonyl (C=O) groups is 1. The molecule has 2 N–H and O–H groups in total. The number of amides is 1. The first-order valence-corrected chi connectivity index (χ1v) is 6.21. The zero-order chi connectivity index (χ0) is 14.1. The largest absolute Gasteiger partial charge is 0.497 e. The molecule has 106 valence electrons. The van der Waals surface area contributed by atoms with E-state index in [1.165, 1.54) is 7.11 Å². The predicted octanol–water partition coefficient (Wildman–Crippen LogP) is 0.751. The van der Waals surface area contributed by atoms with Crippen LogP contribution < -0.4 is 10.1 Å². The molecule has 1 rings (SSSR count). The van der Waals surface area contributed by atoms with Crippen LogP contribution in [0.3, 0.4) is 0 Å². The van der Waals surface area contributed by atoms with E-state index in [4.69, 9.17) is 14.6 Å². The molecular formula is C14H21NO4. The van der Waals surface area contributed by atoms with E-state index in [9.17, 15) is 4.79 Å². The predicted molar refractivity (Wildman–Crippen MR) is 72.2 cm³/mol. The molecule has 5 heteroatoms. The van der Waals surface area contributed by atoms with Crippen molar-refractivity contribution in [3.05, 3.63) is 29.8 Å². The van der Waals surface area contributed by atoms with Gasteiger partial charge in [-0.25, -0.2) is 0 Å². The SMILES string of the molecule is COCC(CO)NC(=O)CCc1cccc(OC)c1. The standard InChI is InChI=1S/C14H21NO4/c1-18-10-12(9-16)15-14(17)7-6-11-4-3-5-13(8-11)19-2/h3-5,8,12,16H,6-7,9-10H2,1-2H3,(H,15,17). The fraction of sp³-hybridized carbons (Fsp3) is 0.500. The first-order valence-electron chi connectivity index (χ1n) is 6.21. The van der Waals surface area contributed by atoms with E-state index >= 15 is 0 Å². The van der Waals surface area contributed by atoms with Crippen molar-refractivity contribution in [2.24, 2.45) is 0 Å². The normalized spacial score (nSPS) is 11.9. The van der Waals surface area contributed by atoms with Crippen molar-refractivity contribution in [3.63, 3.8) is 0 Å². The Kier molecular flexibility index (Phi) is 6.92. The van der Waals surface area contributed by atoms with E-state index in [0.29, 0.717) is 19.4 Å². The highest BCUT2D eigenvalue weighted by molar-refractivity contribution is 5.76. The molecule has 1 aromatic carbocycles. The van der Waals surface area contributed by atoms with Gasteiger partial charge in [0.1, 0.15) is 5.75 Å². The Balaban J connectivity index is 2.40. The summed E-state index contributed by atoms with van der Waals surface area (Å²) in [6, 6.07) is 7.28. The molecule has 1 unspecified atom stereocenters. The van der Waals surface area contributed by atoms with Gasteiger partial charge in [0.25, 0.3) is 0 Å². The van der Waals surface area contributed by atoms with E-state index in [2.05, 4.69) is 5.32 Å². The number of ether oxygens (including phenoxy) is 2. The molecule has 0 aliphatic rings. The number of carbonyl (C=O) groups excluding carboxylic acids is 1. The van der Waals surface area contributed by atoms with E-state index in [0.717, 1.165) is 11.3 Å². The summed E-state index contributed by atoms with van der Waals surface area (Å²) in [6.45, 7) is 0.181. The van der Waals surface area contributed by atoms with Gasteiger partial charge in [0.15, 0.2) is 0 Å². The molecule has 0 fully saturated rings. The van der Waals surface area contributed by atoms with Crippen molar-refractivity contribution in [1.29, 1.82) is 0 Å². The van der Waals surface area contributed by atoms with Crippen LogP contribution in [0, 0.1) is 0 Å². The van der Waals surface area contributed by atoms with Crippen molar-refractivity contribution in [1.82, 2.24) is 5.32 Å². The number of hydrogen-bond donors (Lipinski definition) is 2. The monoisotopic (exact) mass is 267 g/mol. The molecule has 1 amide bonds. The highest BCUT2D eigenvalue weighted by Crippen LogP contribution is 2.13. The van der Waals surface area contributed by atoms with Gasteiger partial charge in [-0.3, -0.25) is 4.79 Å². The molecule has 1 aromatic rings. The summed E-state index contributed by atoms with van der Waals surface area (Å²) in [4.78, 5) is 11.7. The van der Waals surface area contributed by atoms with E-state index in [1.54, 1.807) is 7.11 Å². The lowest BCUT2D eigenvalue weighted by atomic mass is 10.1. The molecule has 0 radical (unpaired) electrons. The first kappa shape index (κ1) is 15.5. The van der Waals surface area contributed by atoms with Crippen molar-refractivity contribution in [2.75, 3.05) is 27.4 Å². The quantitative estimate of drug-likeness (QED) is 0.729. The zero-order valence-corrected chi connectivity index (χ0v) is 11.4. The molecule has 0 heterocycles. The molecule has 5 nitrogen and oxygen atoms in total. The van der Waals surface area contributed by atoms with Gasteiger partial charge < -0.3 is 19.9 Å². The number of benzene rings is 1. The molecule has 0 aromatic heterocycles. The Morgan fingerprint density at radius 3 is 2.84 bits per heavy atom. The maximum absolute atomic E-state index is 11.7. The Morgan fingerprint density at radius 1 is 1.42 bits per heavy atom. The topological polar surface area (TPSA) is 67.8 Å². The number of aliphatic hydroxyl groups is 1. The number of rotatable bonds is 8. The molecule has 0 aliphatic heterocycles. The molecule has 0 bridgehead atoms. The molecule has 0 aliphatic carbocycles. The van der Waals surface area contributed by atoms with Gasteiger partial charge in [-0.05, 0) is 24.1 Å². The summed E-state index contributed by atoms with van der Waals surface area (Å²) in [7, 11) is 3.15. The molecule has 0 saturated carbocycles. The van der Waals surface area contributed by atoms with Gasteiger partial charge in [-0.15, -0.1) is 0 Å². The van der Waals surface area contributed by atoms with Crippen molar-refractivity contribution < 1.29 is 19.4 Å². The number of nitrogens with one attached hydrogen (secondary N) is 1. The molecule has 0 spiro atoms. The zero-order valence-electron chi connectivity index (χ0n) is 11.4. The van der Waals surface area contributed by atoms with Gasteiger partial charge in [-0.1, -0.05) is 12.1 Å². The lowest BCUT2D eigenvalue weighted by Crippen LogP contribution is -2.40. The summed E-state index contributed by atoms with van der Waals surface area (Å²) >= 11 is 0. The lowest BCUT2D eigenvalue weighted by Gasteiger charge is -2.15. The van der Waals surface area contributed by atoms with Crippen LogP contribution in [-0.2, 0) is 16.0 Å². The van der Waals surface area contributed by atoms with Crippen LogP contribution in [0.15, 0.2) is 24.3 Å². The Morgan fingerprint density at radius 2 is 2.21 bits per heavy atom. The third-order valence-corrected chi connectivity index (χ3v) is 2.73. The van der Waals surface area contributed by atoms with Gasteiger partial charge in [-0.2, -0.15) is 0 Å². The number of methoxy groups -OCH3 is 2. The van der Waals surface area contributed by atoms with Crippen LogP contribution in [0.4, 0.5) is 0 Å². The Bertz CT molecular complexity index is 395. The summed E-state index contributed by atoms with van der Waals surface area (Å²) in [5.74, 6) is 0.685. The van der Waals surface area contributed by atoms with Gasteiger partial charge in [0.2, 0.25) is 5.91 Å². The van der Waals surface area contributed by atoms with Crippen molar-refractivity contribution >= 4 is 5.91 Å². The second kappa shape index (κ2) is 8.50. The Labute approximate surface area is 113 Å². The maximum atomic E-state index is 11.7. The van der Waals surface area contributed by atoms with Gasteiger partial charge >= 0.3 is 0 Å². The number of aryl methyl sites for hydroxylation is 1. The first-order chi connectivity index (χ1) is 9.19. The third kappa shape index (κ3) is 5.72. The average Bonchev–Trinajstić information content (AvgIpc) is 2.45. The van der Waals surface area contributed by atoms with Crippen LogP contribution >= 0.6 is 0 Å². The lowest BCUT2D eigenvalue weighted by molar-refractivity contribution is -0.122. The highest BCUT2D eigenvalue weighted by Gasteiger charge is 2.10. The summed E-state index contributed by atoms with van der Waals surface area (Å²) in [5.41, 5.74) is 1.04. The fourth-order valence-electron chi connectivity index (χ4n) is 1.73. The third-order valence-electron chi connectivity index (χ3n) is 2.73. The second-order valence-electron chi connectivity index (χ2n) is 4.25. The minimum absolute atomic E-state index is 0.0982. The van der Waals surface area contributed by atoms with Gasteiger partial charge in [0.05, 0.1) is 26.4 Å². The summed E-state index contributed by atoms with van der Waals surface area (Å²) in [6.07, 6.45) is 1.00. The van der Waals surface area contributed by atoms with Crippen molar-refractivity contribution in [2.45, 2.75) is 18.9 Å². The number of aliphatic hydroxyl groups excluding tert-OH is 1. The van der Waals surface area contributed by atoms with Crippen LogP contribution in [0.25, 0.3) is 0 Å². The minimum atomic E-state index is -0.345. The fourth-order valence-corrected chi connectivity index (χ4v) is 1.73. The van der Waals surface area contributed by atoms with Crippen molar-refractivity contribution in [3.8, 4) is 5.75 Å². The Hall–Kier alpha value is -1.59. The van der Waals surface area contributed by atoms with Crippen LogP contribution in [-0.4, -0.2) is 44.5 Å². The molecule has 19 heavy (non-hydrogen) atoms. The summed E-state index contributed by atoms with van der Waals surface area (Å²) < 4.78 is 10.0. The maximum Gasteiger partial charge on any atom is 0.220 e. The van der Waals surface area contributed by atoms with Crippen LogP contribution in [0.5, 0.6) is 5.75 Å². The van der Waals surface area contributed by atoms with E-state index < -0.39 is 0 Å². The summed E-state index contributed by atoms with van der Waals surface area (Å²) in [5, 5.41) is 11.8. The highest BCUT2D eigenvalue weighted by atomic mass is 16.5. The minimum Gasteiger partial charge on any atom is -0.497 e. The van der Waals surface area contributed by atoms with Crippen LogP contribution in [0.1, 0.15) is 12.0 Å². The smallest absolute Gasteiger partial charge is 0.220 e. The molecule has 1 atom stereocenters. The molecular weight excluding hydrogens is 246 g/mol. The van der Waals surface area contributed by atoms with E-state index in [-0.39, 0.29) is 18.6 Å². The van der Waals surface area contributed by atoms with E-state index in [1.807, 2.05) is 24.3 Å².